The highest BCUT2D eigenvalue weighted by Crippen LogP contribution is 1.88. The maximum Gasteiger partial charge on any atom is 0.0340 e. The quantitative estimate of drug-likeness (QED) is 0.336. The summed E-state index contributed by atoms with van der Waals surface area (Å²) >= 11 is 0. The molecule has 6 N–H and O–H groups in total. The molecule has 0 spiro atoms. The van der Waals surface area contributed by atoms with Crippen molar-refractivity contribution >= 4 is 0 Å². The highest BCUT2D eigenvalue weighted by Gasteiger charge is 1.86. The topological polar surface area (TPSA) is 81.3 Å². The zero-order valence-electron chi connectivity index (χ0n) is 5.67. The van der Waals surface area contributed by atoms with Gasteiger partial charge in [-0.1, -0.05) is 0 Å². The second kappa shape index (κ2) is 4.17. The summed E-state index contributed by atoms with van der Waals surface area (Å²) in [6, 6.07) is 0. The maximum absolute atomic E-state index is 5.44. The van der Waals surface area contributed by atoms with Crippen LogP contribution in [0.3, 0.4) is 0 Å². The molecule has 9 heavy (non-hydrogen) atoms. The second-order valence-electron chi connectivity index (χ2n) is 1.91. The first-order chi connectivity index (χ1) is 4.16. The average Bonchev–Trinajstić information content (AvgIpc) is 1.63. The Kier molecular flexibility index (Phi) is 3.83. The van der Waals surface area contributed by atoms with E-state index in [1.165, 1.54) is 5.01 Å². The van der Waals surface area contributed by atoms with Gasteiger partial charge in [0.2, 0.25) is 0 Å². The summed E-state index contributed by atoms with van der Waals surface area (Å²) in [7, 11) is 1.71. The predicted octanol–water partition coefficient (Wildman–Crippen LogP) is -1.06. The monoisotopic (exact) mass is 130 g/mol. The van der Waals surface area contributed by atoms with Gasteiger partial charge >= 0.3 is 0 Å². The number of hydrogen-bond acceptors (Lipinski definition) is 4. The Morgan fingerprint density at radius 3 is 2.56 bits per heavy atom. The fourth-order valence-electron chi connectivity index (χ4n) is 0.493. The SMILES string of the molecule is CN(N)/C=C(\N)CCN. The Morgan fingerprint density at radius 1 is 1.67 bits per heavy atom. The second-order valence-corrected chi connectivity index (χ2v) is 1.91. The van der Waals surface area contributed by atoms with Crippen LogP contribution in [0.5, 0.6) is 0 Å². The Bertz CT molecular complexity index is 97.1. The van der Waals surface area contributed by atoms with Crippen molar-refractivity contribution in [3.63, 3.8) is 0 Å². The lowest BCUT2D eigenvalue weighted by Gasteiger charge is -2.05. The Labute approximate surface area is 55.3 Å². The van der Waals surface area contributed by atoms with E-state index in [1.54, 1.807) is 13.2 Å². The molecule has 0 aromatic rings. The normalized spacial score (nSPS) is 11.7. The molecule has 0 aliphatic heterocycles. The first-order valence-corrected chi connectivity index (χ1v) is 2.80. The van der Waals surface area contributed by atoms with Crippen LogP contribution in [0.25, 0.3) is 0 Å². The average molecular weight is 130 g/mol. The van der Waals surface area contributed by atoms with Crippen LogP contribution < -0.4 is 17.3 Å². The lowest BCUT2D eigenvalue weighted by atomic mass is 10.3. The smallest absolute Gasteiger partial charge is 0.0340 e. The summed E-state index contributed by atoms with van der Waals surface area (Å²) in [6.07, 6.45) is 2.34. The van der Waals surface area contributed by atoms with Gasteiger partial charge in [-0.3, -0.25) is 0 Å². The zero-order valence-corrected chi connectivity index (χ0v) is 5.67. The van der Waals surface area contributed by atoms with Crippen LogP contribution >= 0.6 is 0 Å². The standard InChI is InChI=1S/C5H14N4/c1-9(8)4-5(7)2-3-6/h4H,2-3,6-8H2,1H3/b5-4-. The van der Waals surface area contributed by atoms with Gasteiger partial charge in [0.05, 0.1) is 0 Å². The van der Waals surface area contributed by atoms with Crippen molar-refractivity contribution in [3.8, 4) is 0 Å². The fraction of sp³-hybridized carbons (Fsp3) is 0.600. The van der Waals surface area contributed by atoms with E-state index in [2.05, 4.69) is 0 Å². The van der Waals surface area contributed by atoms with Crippen molar-refractivity contribution in [3.05, 3.63) is 11.9 Å². The fourth-order valence-corrected chi connectivity index (χ4v) is 0.493. The van der Waals surface area contributed by atoms with Gasteiger partial charge in [0.25, 0.3) is 0 Å². The number of rotatable bonds is 3. The zero-order chi connectivity index (χ0) is 7.28. The Balaban J connectivity index is 3.55. The summed E-state index contributed by atoms with van der Waals surface area (Å²) in [5.74, 6) is 5.26. The van der Waals surface area contributed by atoms with E-state index in [-0.39, 0.29) is 0 Å². The van der Waals surface area contributed by atoms with E-state index >= 15 is 0 Å². The van der Waals surface area contributed by atoms with Crippen LogP contribution in [-0.2, 0) is 0 Å². The molecule has 0 aromatic carbocycles. The molecule has 0 aliphatic rings. The maximum atomic E-state index is 5.44. The third-order valence-corrected chi connectivity index (χ3v) is 0.802. The summed E-state index contributed by atoms with van der Waals surface area (Å²) < 4.78 is 0. The van der Waals surface area contributed by atoms with Gasteiger partial charge in [-0.05, 0) is 6.54 Å². The summed E-state index contributed by atoms with van der Waals surface area (Å²) in [6.45, 7) is 0.566. The molecule has 0 aliphatic carbocycles. The van der Waals surface area contributed by atoms with E-state index in [0.717, 1.165) is 0 Å². The van der Waals surface area contributed by atoms with Crippen molar-refractivity contribution < 1.29 is 0 Å². The molecule has 0 fully saturated rings. The third-order valence-electron chi connectivity index (χ3n) is 0.802. The van der Waals surface area contributed by atoms with Gasteiger partial charge in [-0.2, -0.15) is 0 Å². The van der Waals surface area contributed by atoms with Gasteiger partial charge in [0.1, 0.15) is 0 Å². The van der Waals surface area contributed by atoms with E-state index in [0.29, 0.717) is 18.7 Å². The van der Waals surface area contributed by atoms with E-state index in [4.69, 9.17) is 17.3 Å². The van der Waals surface area contributed by atoms with Gasteiger partial charge in [-0.25, -0.2) is 5.84 Å². The van der Waals surface area contributed by atoms with Crippen molar-refractivity contribution in [1.82, 2.24) is 5.01 Å². The minimum Gasteiger partial charge on any atom is -0.401 e. The number of nitrogens with zero attached hydrogens (tertiary/aromatic N) is 1. The first kappa shape index (κ1) is 8.26. The van der Waals surface area contributed by atoms with Gasteiger partial charge in [-0.15, -0.1) is 0 Å². The molecule has 0 saturated carbocycles. The Hall–Kier alpha value is -0.740. The molecular formula is C5H14N4. The van der Waals surface area contributed by atoms with Crippen molar-refractivity contribution in [2.45, 2.75) is 6.42 Å². The summed E-state index contributed by atoms with van der Waals surface area (Å²) in [5.41, 5.74) is 11.4. The van der Waals surface area contributed by atoms with E-state index in [9.17, 15) is 0 Å². The molecular weight excluding hydrogens is 116 g/mol. The van der Waals surface area contributed by atoms with Crippen LogP contribution in [0.1, 0.15) is 6.42 Å². The number of hydrogen-bond donors (Lipinski definition) is 3. The van der Waals surface area contributed by atoms with Crippen molar-refractivity contribution in [2.75, 3.05) is 13.6 Å². The molecule has 0 heterocycles. The Morgan fingerprint density at radius 2 is 2.22 bits per heavy atom. The van der Waals surface area contributed by atoms with Crippen LogP contribution in [0, 0.1) is 0 Å². The van der Waals surface area contributed by atoms with Gasteiger partial charge in [0, 0.05) is 25.4 Å². The number of hydrazine groups is 1. The number of nitrogens with two attached hydrogens (primary N) is 3. The van der Waals surface area contributed by atoms with Crippen molar-refractivity contribution in [2.24, 2.45) is 17.3 Å². The van der Waals surface area contributed by atoms with Crippen LogP contribution in [0.2, 0.25) is 0 Å². The lowest BCUT2D eigenvalue weighted by Crippen LogP contribution is -2.21. The molecule has 54 valence electrons. The lowest BCUT2D eigenvalue weighted by molar-refractivity contribution is 0.478. The van der Waals surface area contributed by atoms with Gasteiger partial charge in [0.15, 0.2) is 0 Å². The summed E-state index contributed by atoms with van der Waals surface area (Å²) in [5, 5.41) is 1.41. The highest BCUT2D eigenvalue weighted by atomic mass is 15.4. The van der Waals surface area contributed by atoms with Crippen LogP contribution in [0.15, 0.2) is 11.9 Å². The molecule has 0 atom stereocenters. The predicted molar refractivity (Wildman–Crippen MR) is 37.9 cm³/mol. The molecule has 0 amide bonds. The van der Waals surface area contributed by atoms with Crippen molar-refractivity contribution in [1.29, 1.82) is 0 Å². The minimum atomic E-state index is 0.566. The van der Waals surface area contributed by atoms with Crippen LogP contribution in [0.4, 0.5) is 0 Å². The van der Waals surface area contributed by atoms with E-state index in [1.807, 2.05) is 0 Å². The minimum absolute atomic E-state index is 0.566. The molecule has 0 saturated heterocycles. The van der Waals surface area contributed by atoms with Gasteiger partial charge < -0.3 is 16.5 Å². The van der Waals surface area contributed by atoms with E-state index < -0.39 is 0 Å². The molecule has 0 bridgehead atoms. The molecule has 0 rings (SSSR count). The molecule has 4 heteroatoms. The highest BCUT2D eigenvalue weighted by molar-refractivity contribution is 4.94. The van der Waals surface area contributed by atoms with Crippen LogP contribution in [-0.4, -0.2) is 18.6 Å². The largest absolute Gasteiger partial charge is 0.401 e. The molecule has 0 aromatic heterocycles. The summed E-state index contributed by atoms with van der Waals surface area (Å²) in [4.78, 5) is 0. The molecule has 4 nitrogen and oxygen atoms in total. The first-order valence-electron chi connectivity index (χ1n) is 2.80. The third kappa shape index (κ3) is 5.13. The molecule has 0 unspecified atom stereocenters. The molecule has 0 radical (unpaired) electrons.